The van der Waals surface area contributed by atoms with E-state index in [4.69, 9.17) is 4.84 Å². The van der Waals surface area contributed by atoms with E-state index in [-0.39, 0.29) is 5.91 Å². The third kappa shape index (κ3) is 4.58. The van der Waals surface area contributed by atoms with Gasteiger partial charge in [-0.2, -0.15) is 0 Å². The average Bonchev–Trinajstić information content (AvgIpc) is 2.40. The van der Waals surface area contributed by atoms with Gasteiger partial charge >= 0.3 is 0 Å². The molecule has 100 valence electrons. The van der Waals surface area contributed by atoms with Gasteiger partial charge in [0, 0.05) is 6.54 Å². The van der Waals surface area contributed by atoms with Gasteiger partial charge in [0.15, 0.2) is 0 Å². The van der Waals surface area contributed by atoms with E-state index in [9.17, 15) is 4.79 Å². The average molecular weight is 258 g/mol. The molecule has 0 aromatic heterocycles. The van der Waals surface area contributed by atoms with E-state index >= 15 is 0 Å². The summed E-state index contributed by atoms with van der Waals surface area (Å²) in [6.07, 6.45) is 3.21. The molecule has 2 rings (SSSR count). The molecule has 4 nitrogen and oxygen atoms in total. The van der Waals surface area contributed by atoms with Crippen LogP contribution in [0.15, 0.2) is 47.6 Å². The zero-order valence-electron chi connectivity index (χ0n) is 10.8. The number of oxime groups is 1. The first-order chi connectivity index (χ1) is 9.24. The second kappa shape index (κ2) is 6.73. The number of hydrogen-bond acceptors (Lipinski definition) is 3. The van der Waals surface area contributed by atoms with Crippen LogP contribution < -0.4 is 5.32 Å². The van der Waals surface area contributed by atoms with Crippen LogP contribution in [0.4, 0.5) is 0 Å². The van der Waals surface area contributed by atoms with Crippen molar-refractivity contribution in [3.05, 3.63) is 48.0 Å². The number of amides is 1. The number of carbonyl (C=O) groups is 1. The smallest absolute Gasteiger partial charge is 0.265 e. The third-order valence-corrected chi connectivity index (χ3v) is 3.04. The van der Waals surface area contributed by atoms with Gasteiger partial charge in [0.1, 0.15) is 12.8 Å². The van der Waals surface area contributed by atoms with Crippen molar-refractivity contribution in [3.63, 3.8) is 0 Å². The normalized spacial score (nSPS) is 15.3. The lowest BCUT2D eigenvalue weighted by Crippen LogP contribution is -2.33. The van der Waals surface area contributed by atoms with Crippen LogP contribution in [0.2, 0.25) is 0 Å². The standard InChI is InChI=1S/C15H18N2O2/c1-12-7-14(8-12)9-16-15(18)10-17-19-11-13-5-3-2-4-6-13/h2-6,10,14H,1,7-9,11H2,(H,16,18). The fraction of sp³-hybridized carbons (Fsp3) is 0.333. The number of rotatable bonds is 6. The Bertz CT molecular complexity index is 460. The predicted octanol–water partition coefficient (Wildman–Crippen LogP) is 2.27. The van der Waals surface area contributed by atoms with Crippen molar-refractivity contribution >= 4 is 12.1 Å². The maximum absolute atomic E-state index is 11.4. The van der Waals surface area contributed by atoms with Crippen molar-refractivity contribution in [3.8, 4) is 0 Å². The summed E-state index contributed by atoms with van der Waals surface area (Å²) in [7, 11) is 0. The van der Waals surface area contributed by atoms with Gasteiger partial charge in [-0.3, -0.25) is 4.79 Å². The second-order valence-corrected chi connectivity index (χ2v) is 4.76. The molecule has 0 atom stereocenters. The highest BCUT2D eigenvalue weighted by Gasteiger charge is 2.21. The van der Waals surface area contributed by atoms with Crippen LogP contribution in [0.25, 0.3) is 0 Å². The molecule has 0 radical (unpaired) electrons. The third-order valence-electron chi connectivity index (χ3n) is 3.04. The van der Waals surface area contributed by atoms with E-state index in [2.05, 4.69) is 17.1 Å². The number of allylic oxidation sites excluding steroid dienone is 1. The Balaban J connectivity index is 1.59. The second-order valence-electron chi connectivity index (χ2n) is 4.76. The van der Waals surface area contributed by atoms with Crippen molar-refractivity contribution in [2.45, 2.75) is 19.4 Å². The Morgan fingerprint density at radius 1 is 1.42 bits per heavy atom. The topological polar surface area (TPSA) is 50.7 Å². The van der Waals surface area contributed by atoms with E-state index in [1.807, 2.05) is 30.3 Å². The summed E-state index contributed by atoms with van der Waals surface area (Å²) in [5, 5.41) is 6.44. The molecule has 1 aliphatic carbocycles. The van der Waals surface area contributed by atoms with Crippen LogP contribution in [-0.4, -0.2) is 18.7 Å². The minimum absolute atomic E-state index is 0.217. The highest BCUT2D eigenvalue weighted by atomic mass is 16.6. The van der Waals surface area contributed by atoms with Crippen LogP contribution in [0.1, 0.15) is 18.4 Å². The lowest BCUT2D eigenvalue weighted by atomic mass is 9.81. The zero-order chi connectivity index (χ0) is 13.5. The minimum Gasteiger partial charge on any atom is -0.391 e. The fourth-order valence-electron chi connectivity index (χ4n) is 1.96. The highest BCUT2D eigenvalue weighted by molar-refractivity contribution is 6.26. The summed E-state index contributed by atoms with van der Waals surface area (Å²) in [6, 6.07) is 9.69. The molecule has 0 heterocycles. The van der Waals surface area contributed by atoms with E-state index in [0.717, 1.165) is 18.4 Å². The van der Waals surface area contributed by atoms with Crippen molar-refractivity contribution in [1.29, 1.82) is 0 Å². The van der Waals surface area contributed by atoms with Gasteiger partial charge in [-0.25, -0.2) is 0 Å². The van der Waals surface area contributed by atoms with Crippen molar-refractivity contribution in [2.75, 3.05) is 6.54 Å². The number of nitrogens with zero attached hydrogens (tertiary/aromatic N) is 1. The largest absolute Gasteiger partial charge is 0.391 e. The van der Waals surface area contributed by atoms with Crippen molar-refractivity contribution in [2.24, 2.45) is 11.1 Å². The van der Waals surface area contributed by atoms with Crippen LogP contribution in [0.5, 0.6) is 0 Å². The van der Waals surface area contributed by atoms with Gasteiger partial charge in [0.2, 0.25) is 0 Å². The summed E-state index contributed by atoms with van der Waals surface area (Å²) >= 11 is 0. The van der Waals surface area contributed by atoms with Gasteiger partial charge in [0.25, 0.3) is 5.91 Å². The minimum atomic E-state index is -0.217. The predicted molar refractivity (Wildman–Crippen MR) is 74.6 cm³/mol. The van der Waals surface area contributed by atoms with Gasteiger partial charge in [0.05, 0.1) is 0 Å². The summed E-state index contributed by atoms with van der Waals surface area (Å²) in [5.74, 6) is 0.320. The van der Waals surface area contributed by atoms with Crippen molar-refractivity contribution in [1.82, 2.24) is 5.32 Å². The maximum atomic E-state index is 11.4. The Morgan fingerprint density at radius 3 is 2.84 bits per heavy atom. The van der Waals surface area contributed by atoms with Gasteiger partial charge in [-0.1, -0.05) is 47.6 Å². The van der Waals surface area contributed by atoms with Gasteiger partial charge in [-0.05, 0) is 24.3 Å². The van der Waals surface area contributed by atoms with Crippen LogP contribution in [0, 0.1) is 5.92 Å². The number of benzene rings is 1. The molecule has 1 saturated carbocycles. The summed E-state index contributed by atoms with van der Waals surface area (Å²) in [5.41, 5.74) is 2.28. The van der Waals surface area contributed by atoms with Crippen LogP contribution >= 0.6 is 0 Å². The summed E-state index contributed by atoms with van der Waals surface area (Å²) in [6.45, 7) is 4.92. The molecule has 19 heavy (non-hydrogen) atoms. The molecule has 4 heteroatoms. The molecule has 0 aliphatic heterocycles. The summed E-state index contributed by atoms with van der Waals surface area (Å²) < 4.78 is 0. The molecule has 1 aromatic rings. The molecule has 1 N–H and O–H groups in total. The maximum Gasteiger partial charge on any atom is 0.265 e. The monoisotopic (exact) mass is 258 g/mol. The fourth-order valence-corrected chi connectivity index (χ4v) is 1.96. The quantitative estimate of drug-likeness (QED) is 0.483. The Morgan fingerprint density at radius 2 is 2.16 bits per heavy atom. The van der Waals surface area contributed by atoms with E-state index in [1.165, 1.54) is 11.8 Å². The van der Waals surface area contributed by atoms with E-state index in [0.29, 0.717) is 19.1 Å². The Labute approximate surface area is 113 Å². The number of hydrogen-bond donors (Lipinski definition) is 1. The highest BCUT2D eigenvalue weighted by Crippen LogP contribution is 2.30. The van der Waals surface area contributed by atoms with E-state index in [1.54, 1.807) is 0 Å². The zero-order valence-corrected chi connectivity index (χ0v) is 10.8. The molecule has 0 saturated heterocycles. The molecule has 0 bridgehead atoms. The lowest BCUT2D eigenvalue weighted by molar-refractivity contribution is -0.114. The Kier molecular flexibility index (Phi) is 4.72. The first kappa shape index (κ1) is 13.3. The molecule has 1 aromatic carbocycles. The molecule has 0 unspecified atom stereocenters. The molecule has 1 amide bonds. The number of carbonyl (C=O) groups excluding carboxylic acids is 1. The summed E-state index contributed by atoms with van der Waals surface area (Å²) in [4.78, 5) is 16.5. The Hall–Kier alpha value is -2.10. The molecular weight excluding hydrogens is 240 g/mol. The van der Waals surface area contributed by atoms with Gasteiger partial charge < -0.3 is 10.2 Å². The SMILES string of the molecule is C=C1CC(CNC(=O)C=NOCc2ccccc2)C1. The van der Waals surface area contributed by atoms with Crippen LogP contribution in [-0.2, 0) is 16.2 Å². The van der Waals surface area contributed by atoms with Gasteiger partial charge in [-0.15, -0.1) is 0 Å². The van der Waals surface area contributed by atoms with Crippen molar-refractivity contribution < 1.29 is 9.63 Å². The molecule has 0 spiro atoms. The molecule has 1 fully saturated rings. The number of nitrogens with one attached hydrogen (secondary N) is 1. The molecule has 1 aliphatic rings. The van der Waals surface area contributed by atoms with Crippen LogP contribution in [0.3, 0.4) is 0 Å². The first-order valence-electron chi connectivity index (χ1n) is 6.38. The van der Waals surface area contributed by atoms with E-state index < -0.39 is 0 Å². The lowest BCUT2D eigenvalue weighted by Gasteiger charge is -2.27. The molecular formula is C15H18N2O2. The first-order valence-corrected chi connectivity index (χ1v) is 6.38.